The van der Waals surface area contributed by atoms with E-state index in [0.717, 1.165) is 6.07 Å². The molecule has 0 aromatic carbocycles. The second-order valence-electron chi connectivity index (χ2n) is 8.60. The number of aliphatic hydroxyl groups excluding tert-OH is 1. The lowest BCUT2D eigenvalue weighted by Gasteiger charge is -2.31. The Morgan fingerprint density at radius 1 is 1.22 bits per heavy atom. The highest BCUT2D eigenvalue weighted by molar-refractivity contribution is 7.88. The van der Waals surface area contributed by atoms with Gasteiger partial charge in [0, 0.05) is 36.8 Å². The van der Waals surface area contributed by atoms with Gasteiger partial charge in [-0.15, -0.1) is 0 Å². The summed E-state index contributed by atoms with van der Waals surface area (Å²) in [5.74, 6) is 0.254. The number of pyridine rings is 1. The first-order chi connectivity index (χ1) is 15.1. The van der Waals surface area contributed by atoms with E-state index in [2.05, 4.69) is 15.3 Å². The molecule has 2 atom stereocenters. The van der Waals surface area contributed by atoms with Crippen molar-refractivity contribution < 1.29 is 22.3 Å². The molecule has 2 aromatic rings. The van der Waals surface area contributed by atoms with E-state index in [4.69, 9.17) is 0 Å². The maximum absolute atomic E-state index is 13.5. The third kappa shape index (κ3) is 4.76. The Balaban J connectivity index is 1.66. The SMILES string of the molecule is CS(=O)(=O)N1CCC(Nc2ncc3cc(C(F)F)c(=O)n([C@@H]4CCC[C@@H](O)C4)c3n2)CC1. The Labute approximate surface area is 184 Å². The van der Waals surface area contributed by atoms with Gasteiger partial charge in [-0.1, -0.05) is 0 Å². The van der Waals surface area contributed by atoms with Gasteiger partial charge in [0.2, 0.25) is 16.0 Å². The molecule has 9 nitrogen and oxygen atoms in total. The number of rotatable bonds is 5. The smallest absolute Gasteiger partial charge is 0.269 e. The van der Waals surface area contributed by atoms with E-state index in [-0.39, 0.29) is 17.6 Å². The molecule has 0 radical (unpaired) electrons. The van der Waals surface area contributed by atoms with Gasteiger partial charge < -0.3 is 10.4 Å². The first-order valence-electron chi connectivity index (χ1n) is 10.7. The van der Waals surface area contributed by atoms with Crippen molar-refractivity contribution in [2.75, 3.05) is 24.7 Å². The summed E-state index contributed by atoms with van der Waals surface area (Å²) in [5, 5.41) is 13.6. The summed E-state index contributed by atoms with van der Waals surface area (Å²) in [6, 6.07) is 0.655. The number of nitrogens with zero attached hydrogens (tertiary/aromatic N) is 4. The minimum absolute atomic E-state index is 0.0533. The van der Waals surface area contributed by atoms with Gasteiger partial charge in [0.25, 0.3) is 12.0 Å². The summed E-state index contributed by atoms with van der Waals surface area (Å²) in [5.41, 5.74) is -1.14. The van der Waals surface area contributed by atoms with Crippen LogP contribution in [0.15, 0.2) is 17.1 Å². The second-order valence-corrected chi connectivity index (χ2v) is 10.6. The predicted molar refractivity (Wildman–Crippen MR) is 115 cm³/mol. The van der Waals surface area contributed by atoms with Crippen molar-refractivity contribution in [2.45, 2.75) is 63.1 Å². The number of sulfonamides is 1. The highest BCUT2D eigenvalue weighted by atomic mass is 32.2. The van der Waals surface area contributed by atoms with Crippen LogP contribution < -0.4 is 10.9 Å². The summed E-state index contributed by atoms with van der Waals surface area (Å²) in [7, 11) is -3.23. The molecule has 3 heterocycles. The van der Waals surface area contributed by atoms with E-state index in [0.29, 0.717) is 57.0 Å². The van der Waals surface area contributed by atoms with Crippen LogP contribution in [0.1, 0.15) is 56.6 Å². The molecule has 0 spiro atoms. The normalized spacial score (nSPS) is 23.7. The van der Waals surface area contributed by atoms with Crippen LogP contribution in [-0.4, -0.2) is 63.9 Å². The molecule has 32 heavy (non-hydrogen) atoms. The summed E-state index contributed by atoms with van der Waals surface area (Å²) < 4.78 is 53.1. The van der Waals surface area contributed by atoms with Gasteiger partial charge in [-0.3, -0.25) is 9.36 Å². The molecule has 0 bridgehead atoms. The summed E-state index contributed by atoms with van der Waals surface area (Å²) in [4.78, 5) is 21.6. The lowest BCUT2D eigenvalue weighted by molar-refractivity contribution is 0.103. The maximum Gasteiger partial charge on any atom is 0.269 e. The number of piperidine rings is 1. The standard InChI is InChI=1S/C20H27F2N5O4S/c1-32(30,31)26-7-5-13(6-8-26)24-20-23-11-12-9-16(17(21)22)19(29)27(18(12)25-20)14-3-2-4-15(28)10-14/h9,11,13-15,17,28H,2-8,10H2,1H3,(H,23,24,25)/t14-,15-/m1/s1. The van der Waals surface area contributed by atoms with Gasteiger partial charge in [-0.25, -0.2) is 26.5 Å². The van der Waals surface area contributed by atoms with Gasteiger partial charge in [0.05, 0.1) is 17.9 Å². The van der Waals surface area contributed by atoms with Gasteiger partial charge in [0.1, 0.15) is 5.65 Å². The van der Waals surface area contributed by atoms with E-state index in [1.54, 1.807) is 0 Å². The second kappa shape index (κ2) is 8.99. The quantitative estimate of drug-likeness (QED) is 0.685. The number of hydrogen-bond donors (Lipinski definition) is 2. The van der Waals surface area contributed by atoms with Gasteiger partial charge >= 0.3 is 0 Å². The zero-order valence-corrected chi connectivity index (χ0v) is 18.6. The molecular formula is C20H27F2N5O4S. The van der Waals surface area contributed by atoms with E-state index in [1.807, 2.05) is 0 Å². The Hall–Kier alpha value is -2.18. The molecule has 2 aromatic heterocycles. The number of anilines is 1. The third-order valence-corrected chi connectivity index (χ3v) is 7.58. The molecule has 12 heteroatoms. The van der Waals surface area contributed by atoms with Crippen LogP contribution in [-0.2, 0) is 10.0 Å². The molecule has 0 unspecified atom stereocenters. The molecule has 1 aliphatic heterocycles. The fourth-order valence-electron chi connectivity index (χ4n) is 4.59. The van der Waals surface area contributed by atoms with Crippen molar-refractivity contribution in [2.24, 2.45) is 0 Å². The number of nitrogens with one attached hydrogen (secondary N) is 1. The first kappa shape index (κ1) is 23.0. The van der Waals surface area contributed by atoms with Crippen molar-refractivity contribution in [3.05, 3.63) is 28.2 Å². The Kier molecular flexibility index (Phi) is 6.46. The van der Waals surface area contributed by atoms with Crippen molar-refractivity contribution in [3.8, 4) is 0 Å². The zero-order chi connectivity index (χ0) is 23.0. The number of halogens is 2. The van der Waals surface area contributed by atoms with E-state index >= 15 is 0 Å². The van der Waals surface area contributed by atoms with Gasteiger partial charge in [0.15, 0.2) is 0 Å². The Morgan fingerprint density at radius 2 is 1.94 bits per heavy atom. The summed E-state index contributed by atoms with van der Waals surface area (Å²) in [6.45, 7) is 0.763. The fraction of sp³-hybridized carbons (Fsp3) is 0.650. The van der Waals surface area contributed by atoms with Gasteiger partial charge in [-0.2, -0.15) is 4.98 Å². The molecule has 4 rings (SSSR count). The summed E-state index contributed by atoms with van der Waals surface area (Å²) in [6.07, 6.45) is 2.42. The number of fused-ring (bicyclic) bond motifs is 1. The van der Waals surface area contributed by atoms with Crippen molar-refractivity contribution in [1.82, 2.24) is 18.8 Å². The van der Waals surface area contributed by atoms with Crippen LogP contribution in [0.3, 0.4) is 0 Å². The van der Waals surface area contributed by atoms with Crippen LogP contribution >= 0.6 is 0 Å². The van der Waals surface area contributed by atoms with Gasteiger partial charge in [-0.05, 0) is 44.6 Å². The predicted octanol–water partition coefficient (Wildman–Crippen LogP) is 2.04. The first-order valence-corrected chi connectivity index (χ1v) is 12.6. The average Bonchev–Trinajstić information content (AvgIpc) is 2.73. The molecule has 176 valence electrons. The number of aliphatic hydroxyl groups is 1. The maximum atomic E-state index is 13.5. The zero-order valence-electron chi connectivity index (χ0n) is 17.7. The van der Waals surface area contributed by atoms with E-state index in [9.17, 15) is 27.1 Å². The molecule has 0 amide bonds. The fourth-order valence-corrected chi connectivity index (χ4v) is 5.47. The lowest BCUT2D eigenvalue weighted by atomic mass is 9.92. The molecule has 1 saturated heterocycles. The molecule has 1 saturated carbocycles. The highest BCUT2D eigenvalue weighted by Crippen LogP contribution is 2.31. The van der Waals surface area contributed by atoms with Crippen LogP contribution in [0.4, 0.5) is 14.7 Å². The average molecular weight is 472 g/mol. The van der Waals surface area contributed by atoms with Crippen molar-refractivity contribution >= 4 is 27.0 Å². The van der Waals surface area contributed by atoms with Crippen LogP contribution in [0, 0.1) is 0 Å². The highest BCUT2D eigenvalue weighted by Gasteiger charge is 2.28. The minimum Gasteiger partial charge on any atom is -0.393 e. The summed E-state index contributed by atoms with van der Waals surface area (Å²) >= 11 is 0. The minimum atomic E-state index is -3.23. The largest absolute Gasteiger partial charge is 0.393 e. The topological polar surface area (TPSA) is 117 Å². The lowest BCUT2D eigenvalue weighted by Crippen LogP contribution is -2.42. The van der Waals surface area contributed by atoms with E-state index in [1.165, 1.54) is 21.3 Å². The molecule has 2 N–H and O–H groups in total. The van der Waals surface area contributed by atoms with Crippen LogP contribution in [0.5, 0.6) is 0 Å². The molecular weight excluding hydrogens is 444 g/mol. The Bertz CT molecular complexity index is 1150. The third-order valence-electron chi connectivity index (χ3n) is 6.28. The van der Waals surface area contributed by atoms with Crippen LogP contribution in [0.25, 0.3) is 11.0 Å². The number of aromatic nitrogens is 3. The number of hydrogen-bond acceptors (Lipinski definition) is 7. The van der Waals surface area contributed by atoms with Crippen molar-refractivity contribution in [1.29, 1.82) is 0 Å². The van der Waals surface area contributed by atoms with Crippen molar-refractivity contribution in [3.63, 3.8) is 0 Å². The number of alkyl halides is 2. The monoisotopic (exact) mass is 471 g/mol. The van der Waals surface area contributed by atoms with E-state index < -0.39 is 39.7 Å². The molecule has 1 aliphatic carbocycles. The van der Waals surface area contributed by atoms with Crippen LogP contribution in [0.2, 0.25) is 0 Å². The molecule has 2 aliphatic rings. The Morgan fingerprint density at radius 3 is 2.56 bits per heavy atom. The molecule has 2 fully saturated rings.